The Morgan fingerprint density at radius 1 is 0.963 bits per heavy atom. The van der Waals surface area contributed by atoms with Crippen LogP contribution in [-0.2, 0) is 0 Å². The molecule has 0 radical (unpaired) electrons. The Bertz CT molecular complexity index is 684. The zero-order chi connectivity index (χ0) is 19.1. The van der Waals surface area contributed by atoms with Crippen LogP contribution in [0.1, 0.15) is 31.7 Å². The van der Waals surface area contributed by atoms with Gasteiger partial charge in [0.05, 0.1) is 0 Å². The van der Waals surface area contributed by atoms with Gasteiger partial charge >= 0.3 is 0 Å². The molecule has 2 aromatic carbocycles. The van der Waals surface area contributed by atoms with E-state index in [1.165, 1.54) is 11.3 Å². The molecule has 0 aliphatic carbocycles. The SMILES string of the molecule is CC[C@H](C)c1ccccc1OC[C@H](O)CN1CCN(c2ccccc2)CC1. The summed E-state index contributed by atoms with van der Waals surface area (Å²) in [7, 11) is 0. The van der Waals surface area contributed by atoms with Gasteiger partial charge in [-0.15, -0.1) is 0 Å². The van der Waals surface area contributed by atoms with E-state index in [-0.39, 0.29) is 0 Å². The Morgan fingerprint density at radius 2 is 1.63 bits per heavy atom. The van der Waals surface area contributed by atoms with E-state index in [0.29, 0.717) is 19.1 Å². The number of piperazine rings is 1. The van der Waals surface area contributed by atoms with Crippen molar-refractivity contribution < 1.29 is 9.84 Å². The number of rotatable bonds is 8. The zero-order valence-corrected chi connectivity index (χ0v) is 16.6. The minimum absolute atomic E-state index is 0.340. The fourth-order valence-electron chi connectivity index (χ4n) is 3.60. The summed E-state index contributed by atoms with van der Waals surface area (Å²) in [6, 6.07) is 18.7. The van der Waals surface area contributed by atoms with Gasteiger partial charge in [-0.1, -0.05) is 50.2 Å². The molecule has 4 nitrogen and oxygen atoms in total. The van der Waals surface area contributed by atoms with Crippen molar-refractivity contribution >= 4 is 5.69 Å². The van der Waals surface area contributed by atoms with Crippen LogP contribution in [-0.4, -0.2) is 55.4 Å². The normalized spacial score (nSPS) is 17.5. The molecule has 1 aliphatic heterocycles. The minimum Gasteiger partial charge on any atom is -0.491 e. The standard InChI is InChI=1S/C23H32N2O2/c1-3-19(2)22-11-7-8-12-23(22)27-18-21(26)17-24-13-15-25(16-14-24)20-9-5-4-6-10-20/h4-12,19,21,26H,3,13-18H2,1-2H3/t19-,21+/m0/s1. The predicted octanol–water partition coefficient (Wildman–Crippen LogP) is 3.76. The van der Waals surface area contributed by atoms with Crippen molar-refractivity contribution in [3.8, 4) is 5.75 Å². The van der Waals surface area contributed by atoms with Gasteiger partial charge in [0.15, 0.2) is 0 Å². The van der Waals surface area contributed by atoms with Crippen molar-refractivity contribution in [1.29, 1.82) is 0 Å². The monoisotopic (exact) mass is 368 g/mol. The number of benzene rings is 2. The van der Waals surface area contributed by atoms with Crippen molar-refractivity contribution in [2.75, 3.05) is 44.2 Å². The molecule has 0 amide bonds. The Kier molecular flexibility index (Phi) is 7.13. The highest BCUT2D eigenvalue weighted by molar-refractivity contribution is 5.46. The Labute approximate surface area is 163 Å². The molecule has 27 heavy (non-hydrogen) atoms. The molecule has 2 atom stereocenters. The Morgan fingerprint density at radius 3 is 2.33 bits per heavy atom. The van der Waals surface area contributed by atoms with E-state index in [4.69, 9.17) is 4.74 Å². The van der Waals surface area contributed by atoms with Gasteiger partial charge in [-0.05, 0) is 36.1 Å². The van der Waals surface area contributed by atoms with Gasteiger partial charge in [0.2, 0.25) is 0 Å². The lowest BCUT2D eigenvalue weighted by molar-refractivity contribution is 0.0658. The maximum Gasteiger partial charge on any atom is 0.122 e. The first kappa shape index (κ1) is 19.7. The van der Waals surface area contributed by atoms with Gasteiger partial charge in [-0.3, -0.25) is 4.90 Å². The molecule has 0 unspecified atom stereocenters. The van der Waals surface area contributed by atoms with Crippen molar-refractivity contribution in [2.24, 2.45) is 0 Å². The second-order valence-corrected chi connectivity index (χ2v) is 7.44. The number of ether oxygens (including phenoxy) is 1. The average molecular weight is 369 g/mol. The number of nitrogens with zero attached hydrogens (tertiary/aromatic N) is 2. The Hall–Kier alpha value is -2.04. The summed E-state index contributed by atoms with van der Waals surface area (Å²) in [4.78, 5) is 4.73. The second kappa shape index (κ2) is 9.77. The molecule has 0 bridgehead atoms. The highest BCUT2D eigenvalue weighted by Gasteiger charge is 2.20. The van der Waals surface area contributed by atoms with Gasteiger partial charge in [0.1, 0.15) is 18.5 Å². The average Bonchev–Trinajstić information content (AvgIpc) is 2.73. The van der Waals surface area contributed by atoms with E-state index < -0.39 is 6.10 Å². The van der Waals surface area contributed by atoms with Crippen molar-refractivity contribution in [1.82, 2.24) is 4.90 Å². The molecular weight excluding hydrogens is 336 g/mol. The summed E-state index contributed by atoms with van der Waals surface area (Å²) in [5.41, 5.74) is 2.51. The predicted molar refractivity (Wildman–Crippen MR) is 112 cm³/mol. The summed E-state index contributed by atoms with van der Waals surface area (Å²) in [6.07, 6.45) is 0.604. The molecule has 1 aliphatic rings. The van der Waals surface area contributed by atoms with E-state index >= 15 is 0 Å². The first-order valence-corrected chi connectivity index (χ1v) is 10.1. The van der Waals surface area contributed by atoms with Gasteiger partial charge in [-0.2, -0.15) is 0 Å². The number of hydrogen-bond acceptors (Lipinski definition) is 4. The molecule has 0 saturated carbocycles. The molecule has 1 fully saturated rings. The van der Waals surface area contributed by atoms with Gasteiger partial charge in [0.25, 0.3) is 0 Å². The topological polar surface area (TPSA) is 35.9 Å². The minimum atomic E-state index is -0.474. The molecule has 4 heteroatoms. The highest BCUT2D eigenvalue weighted by Crippen LogP contribution is 2.28. The largest absolute Gasteiger partial charge is 0.491 e. The van der Waals surface area contributed by atoms with Gasteiger partial charge < -0.3 is 14.7 Å². The maximum absolute atomic E-state index is 10.5. The Balaban J connectivity index is 1.45. The van der Waals surface area contributed by atoms with Crippen molar-refractivity contribution in [2.45, 2.75) is 32.3 Å². The fraction of sp³-hybridized carbons (Fsp3) is 0.478. The summed E-state index contributed by atoms with van der Waals surface area (Å²) in [5.74, 6) is 1.37. The third-order valence-electron chi connectivity index (χ3n) is 5.46. The smallest absolute Gasteiger partial charge is 0.122 e. The number of hydrogen-bond donors (Lipinski definition) is 1. The summed E-state index contributed by atoms with van der Waals surface area (Å²) >= 11 is 0. The van der Waals surface area contributed by atoms with E-state index in [1.807, 2.05) is 12.1 Å². The molecule has 1 saturated heterocycles. The molecule has 0 aromatic heterocycles. The van der Waals surface area contributed by atoms with Gasteiger partial charge in [-0.25, -0.2) is 0 Å². The molecular formula is C23H32N2O2. The first-order chi connectivity index (χ1) is 13.2. The zero-order valence-electron chi connectivity index (χ0n) is 16.6. The van der Waals surface area contributed by atoms with Crippen LogP contribution in [0, 0.1) is 0 Å². The maximum atomic E-state index is 10.5. The van der Waals surface area contributed by atoms with E-state index in [1.54, 1.807) is 0 Å². The fourth-order valence-corrected chi connectivity index (χ4v) is 3.60. The molecule has 146 valence electrons. The van der Waals surface area contributed by atoms with Crippen LogP contribution in [0.15, 0.2) is 54.6 Å². The lowest BCUT2D eigenvalue weighted by Crippen LogP contribution is -2.49. The van der Waals surface area contributed by atoms with Crippen molar-refractivity contribution in [3.05, 3.63) is 60.2 Å². The molecule has 2 aromatic rings. The second-order valence-electron chi connectivity index (χ2n) is 7.44. The number of aliphatic hydroxyl groups is 1. The molecule has 1 N–H and O–H groups in total. The van der Waals surface area contributed by atoms with Crippen LogP contribution in [0.2, 0.25) is 0 Å². The first-order valence-electron chi connectivity index (χ1n) is 10.1. The number of para-hydroxylation sites is 2. The van der Waals surface area contributed by atoms with E-state index in [0.717, 1.165) is 38.3 Å². The van der Waals surface area contributed by atoms with E-state index in [2.05, 4.69) is 66.1 Å². The number of β-amino-alcohol motifs (C(OH)–C–C–N with tert-alkyl or cyclic N) is 1. The van der Waals surface area contributed by atoms with Crippen LogP contribution in [0.4, 0.5) is 5.69 Å². The van der Waals surface area contributed by atoms with Crippen LogP contribution >= 0.6 is 0 Å². The summed E-state index contributed by atoms with van der Waals surface area (Å²) in [6.45, 7) is 9.32. The third kappa shape index (κ3) is 5.47. The highest BCUT2D eigenvalue weighted by atomic mass is 16.5. The van der Waals surface area contributed by atoms with Crippen molar-refractivity contribution in [3.63, 3.8) is 0 Å². The van der Waals surface area contributed by atoms with Crippen LogP contribution in [0.5, 0.6) is 5.75 Å². The van der Waals surface area contributed by atoms with Crippen LogP contribution < -0.4 is 9.64 Å². The summed E-state index contributed by atoms with van der Waals surface area (Å²) < 4.78 is 5.97. The number of aliphatic hydroxyl groups excluding tert-OH is 1. The van der Waals surface area contributed by atoms with Crippen LogP contribution in [0.3, 0.4) is 0 Å². The molecule has 0 spiro atoms. The molecule has 3 rings (SSSR count). The van der Waals surface area contributed by atoms with Crippen LogP contribution in [0.25, 0.3) is 0 Å². The summed E-state index contributed by atoms with van der Waals surface area (Å²) in [5, 5.41) is 10.5. The lowest BCUT2D eigenvalue weighted by Gasteiger charge is -2.36. The lowest BCUT2D eigenvalue weighted by atomic mass is 9.98. The molecule has 1 heterocycles. The number of anilines is 1. The third-order valence-corrected chi connectivity index (χ3v) is 5.46. The van der Waals surface area contributed by atoms with Gasteiger partial charge in [0, 0.05) is 38.4 Å². The quantitative estimate of drug-likeness (QED) is 0.770. The van der Waals surface area contributed by atoms with E-state index in [9.17, 15) is 5.11 Å².